The fraction of sp³-hybridized carbons (Fsp3) is 0.381. The average molecular weight is 806 g/mol. The summed E-state index contributed by atoms with van der Waals surface area (Å²) in [7, 11) is 1.56. The van der Waals surface area contributed by atoms with E-state index in [4.69, 9.17) is 0 Å². The summed E-state index contributed by atoms with van der Waals surface area (Å²) in [5.41, 5.74) is 5.59. The third-order valence-corrected chi connectivity index (χ3v) is 11.0. The molecule has 0 saturated carbocycles. The highest BCUT2D eigenvalue weighted by atomic mass is 19.4. The van der Waals surface area contributed by atoms with Gasteiger partial charge in [0, 0.05) is 74.1 Å². The molecule has 58 heavy (non-hydrogen) atoms. The standard InChI is InChI=1S/C42H44F5N7O4/c1-26(6-13-38(56)48-25-55)50-32-11-9-27(10-12-32)36-15-17-54(24-41(36,43)44)21-30-5-3-4-29-20-53(16-14-33(29)30)22-31-8-7-28(18-37(31)58-42(45,46)47)35-23-52(2)40(57)39-34(35)19-49-51-39/h3-5,7-12,18-19,23,25-26,36,50H,6,13-17,20-22,24H2,1-2H3,(H,49,51)(H,48,55,56). The number of piperidine rings is 1. The van der Waals surface area contributed by atoms with Crippen LogP contribution in [0.25, 0.3) is 22.0 Å². The van der Waals surface area contributed by atoms with Crippen LogP contribution < -0.4 is 20.9 Å². The number of hydrogen-bond donors (Lipinski definition) is 3. The van der Waals surface area contributed by atoms with Gasteiger partial charge in [0.2, 0.25) is 12.3 Å². The maximum atomic E-state index is 15.8. The number of nitrogens with zero attached hydrogens (tertiary/aromatic N) is 4. The smallest absolute Gasteiger partial charge is 0.405 e. The number of pyridine rings is 1. The topological polar surface area (TPSA) is 125 Å². The lowest BCUT2D eigenvalue weighted by Crippen LogP contribution is -2.47. The summed E-state index contributed by atoms with van der Waals surface area (Å²) in [6.07, 6.45) is 0.00310. The molecule has 2 atom stereocenters. The molecule has 0 aliphatic carbocycles. The molecular formula is C42H44F5N7O4. The van der Waals surface area contributed by atoms with E-state index >= 15 is 8.78 Å². The summed E-state index contributed by atoms with van der Waals surface area (Å²) in [6, 6.07) is 17.4. The van der Waals surface area contributed by atoms with Crippen molar-refractivity contribution >= 4 is 28.9 Å². The van der Waals surface area contributed by atoms with Crippen LogP contribution in [0.1, 0.15) is 59.9 Å². The van der Waals surface area contributed by atoms with Crippen molar-refractivity contribution in [2.45, 2.75) is 76.5 Å². The Hall–Kier alpha value is -5.61. The SMILES string of the molecule is CC(CCC(=O)NC=O)Nc1ccc(C2CCN(Cc3cccc4c3CCN(Cc3ccc(-c5cn(C)c(=O)c6[nH]ncc56)cc3OC(F)(F)F)C4)CC2(F)F)cc1. The third kappa shape index (κ3) is 9.23. The van der Waals surface area contributed by atoms with E-state index < -0.39 is 24.7 Å². The zero-order chi connectivity index (χ0) is 41.2. The minimum atomic E-state index is -4.93. The molecule has 4 heterocycles. The molecule has 1 fully saturated rings. The Morgan fingerprint density at radius 2 is 1.84 bits per heavy atom. The summed E-state index contributed by atoms with van der Waals surface area (Å²) in [5, 5.41) is 12.5. The van der Waals surface area contributed by atoms with Crippen molar-refractivity contribution in [3.63, 3.8) is 0 Å². The molecule has 0 bridgehead atoms. The Kier molecular flexibility index (Phi) is 11.7. The summed E-state index contributed by atoms with van der Waals surface area (Å²) >= 11 is 0. The van der Waals surface area contributed by atoms with Gasteiger partial charge in [0.1, 0.15) is 11.3 Å². The monoisotopic (exact) mass is 805 g/mol. The highest BCUT2D eigenvalue weighted by molar-refractivity contribution is 5.93. The number of ether oxygens (including phenoxy) is 1. The Morgan fingerprint density at radius 1 is 1.07 bits per heavy atom. The van der Waals surface area contributed by atoms with E-state index in [0.29, 0.717) is 73.1 Å². The van der Waals surface area contributed by atoms with Crippen LogP contribution in [-0.2, 0) is 42.7 Å². The van der Waals surface area contributed by atoms with Crippen molar-refractivity contribution in [2.24, 2.45) is 7.05 Å². The molecule has 2 unspecified atom stereocenters. The van der Waals surface area contributed by atoms with Crippen molar-refractivity contribution in [3.8, 4) is 16.9 Å². The molecule has 2 aromatic heterocycles. The molecule has 11 nitrogen and oxygen atoms in total. The van der Waals surface area contributed by atoms with Gasteiger partial charge >= 0.3 is 6.36 Å². The first kappa shape index (κ1) is 40.6. The number of rotatable bonds is 13. The van der Waals surface area contributed by atoms with E-state index in [9.17, 15) is 27.6 Å². The van der Waals surface area contributed by atoms with Gasteiger partial charge in [-0.25, -0.2) is 8.78 Å². The minimum Gasteiger partial charge on any atom is -0.405 e. The number of imide groups is 1. The van der Waals surface area contributed by atoms with E-state index in [0.717, 1.165) is 22.4 Å². The van der Waals surface area contributed by atoms with E-state index in [1.165, 1.54) is 16.8 Å². The molecule has 5 aromatic rings. The summed E-state index contributed by atoms with van der Waals surface area (Å²) in [5.74, 6) is -4.60. The maximum absolute atomic E-state index is 15.8. The largest absolute Gasteiger partial charge is 0.573 e. The van der Waals surface area contributed by atoms with Crippen molar-refractivity contribution < 1.29 is 36.3 Å². The number of benzene rings is 3. The van der Waals surface area contributed by atoms with Crippen LogP contribution in [0.4, 0.5) is 27.6 Å². The second-order valence-corrected chi connectivity index (χ2v) is 15.2. The molecule has 3 N–H and O–H groups in total. The summed E-state index contributed by atoms with van der Waals surface area (Å²) < 4.78 is 78.5. The van der Waals surface area contributed by atoms with E-state index in [1.807, 2.05) is 30.0 Å². The first-order valence-electron chi connectivity index (χ1n) is 19.1. The number of carbonyl (C=O) groups excluding carboxylic acids is 2. The van der Waals surface area contributed by atoms with Gasteiger partial charge in [0.15, 0.2) is 0 Å². The molecule has 7 rings (SSSR count). The Labute approximate surface area is 331 Å². The zero-order valence-electron chi connectivity index (χ0n) is 32.0. The lowest BCUT2D eigenvalue weighted by molar-refractivity contribution is -0.275. The second kappa shape index (κ2) is 16.7. The lowest BCUT2D eigenvalue weighted by Gasteiger charge is -2.39. The number of carbonyl (C=O) groups is 2. The minimum absolute atomic E-state index is 0.0708. The fourth-order valence-electron chi connectivity index (χ4n) is 8.18. The molecule has 2 amide bonds. The Balaban J connectivity index is 0.993. The van der Waals surface area contributed by atoms with E-state index in [-0.39, 0.29) is 48.2 Å². The van der Waals surface area contributed by atoms with Crippen LogP contribution in [0, 0.1) is 0 Å². The number of amides is 2. The van der Waals surface area contributed by atoms with Gasteiger partial charge in [-0.3, -0.25) is 34.6 Å². The van der Waals surface area contributed by atoms with Crippen LogP contribution in [-0.4, -0.2) is 74.8 Å². The zero-order valence-corrected chi connectivity index (χ0v) is 32.0. The van der Waals surface area contributed by atoms with E-state index in [1.54, 1.807) is 54.5 Å². The molecule has 1 saturated heterocycles. The highest BCUT2D eigenvalue weighted by Gasteiger charge is 2.45. The van der Waals surface area contributed by atoms with Crippen molar-refractivity contribution in [3.05, 3.63) is 111 Å². The summed E-state index contributed by atoms with van der Waals surface area (Å²) in [6.45, 7) is 3.54. The predicted molar refractivity (Wildman–Crippen MR) is 208 cm³/mol. The number of aromatic nitrogens is 3. The fourth-order valence-corrected chi connectivity index (χ4v) is 8.18. The molecule has 2 aliphatic rings. The number of alkyl halides is 5. The number of anilines is 1. The number of halogens is 5. The lowest BCUT2D eigenvalue weighted by atomic mass is 9.85. The van der Waals surface area contributed by atoms with E-state index in [2.05, 4.69) is 25.6 Å². The number of H-pyrrole nitrogens is 1. The number of aromatic amines is 1. The number of fused-ring (bicyclic) bond motifs is 2. The number of nitrogens with one attached hydrogen (secondary N) is 3. The van der Waals surface area contributed by atoms with Crippen LogP contribution in [0.3, 0.4) is 0 Å². The van der Waals surface area contributed by atoms with Crippen LogP contribution in [0.2, 0.25) is 0 Å². The van der Waals surface area contributed by atoms with Gasteiger partial charge in [-0.05, 0) is 78.7 Å². The van der Waals surface area contributed by atoms with Gasteiger partial charge in [-0.1, -0.05) is 42.5 Å². The quantitative estimate of drug-likeness (QED) is 0.0872. The van der Waals surface area contributed by atoms with Gasteiger partial charge in [-0.15, -0.1) is 13.2 Å². The molecule has 0 radical (unpaired) electrons. The number of likely N-dealkylation sites (tertiary alicyclic amines) is 1. The highest BCUT2D eigenvalue weighted by Crippen LogP contribution is 2.42. The third-order valence-electron chi connectivity index (χ3n) is 11.0. The van der Waals surface area contributed by atoms with Crippen LogP contribution in [0.15, 0.2) is 77.9 Å². The predicted octanol–water partition coefficient (Wildman–Crippen LogP) is 6.86. The normalized spacial score (nSPS) is 17.7. The molecule has 3 aromatic carbocycles. The first-order chi connectivity index (χ1) is 27.7. The van der Waals surface area contributed by atoms with Gasteiger partial charge in [-0.2, -0.15) is 5.10 Å². The number of aryl methyl sites for hydroxylation is 1. The Morgan fingerprint density at radius 3 is 2.59 bits per heavy atom. The molecule has 0 spiro atoms. The van der Waals surface area contributed by atoms with Crippen molar-refractivity contribution in [1.82, 2.24) is 29.9 Å². The first-order valence-corrected chi connectivity index (χ1v) is 19.1. The molecule has 16 heteroatoms. The molecule has 2 aliphatic heterocycles. The van der Waals surface area contributed by atoms with Crippen LogP contribution in [0.5, 0.6) is 5.75 Å². The maximum Gasteiger partial charge on any atom is 0.573 e. The second-order valence-electron chi connectivity index (χ2n) is 15.2. The summed E-state index contributed by atoms with van der Waals surface area (Å²) in [4.78, 5) is 38.4. The Bertz CT molecular complexity index is 2340. The molecule has 306 valence electrons. The van der Waals surface area contributed by atoms with Crippen molar-refractivity contribution in [2.75, 3.05) is 25.0 Å². The van der Waals surface area contributed by atoms with Crippen molar-refractivity contribution in [1.29, 1.82) is 0 Å². The number of hydrogen-bond acceptors (Lipinski definition) is 8. The average Bonchev–Trinajstić information content (AvgIpc) is 3.67. The van der Waals surface area contributed by atoms with Gasteiger partial charge < -0.3 is 14.6 Å². The molecular weight excluding hydrogens is 761 g/mol. The van der Waals surface area contributed by atoms with Gasteiger partial charge in [0.05, 0.1) is 18.7 Å². The van der Waals surface area contributed by atoms with Crippen LogP contribution >= 0.6 is 0 Å². The van der Waals surface area contributed by atoms with Gasteiger partial charge in [0.25, 0.3) is 11.5 Å².